The van der Waals surface area contributed by atoms with Crippen LogP contribution in [0.1, 0.15) is 72.1 Å². The van der Waals surface area contributed by atoms with Crippen molar-refractivity contribution in [3.63, 3.8) is 0 Å². The standard InChI is InChI=1S/C24H29ClN2O3S/c1-2-22(19-10-9-17-7-3-4-8-18(17)15-19)26-24(28)20-11-12-21(25)23(16-20)31(29,30)27-13-5-6-14-27/h9-12,15-16,22H,2-8,13-14H2,1H3,(H,26,28)/t22-/m1/s1. The minimum absolute atomic E-state index is 0.00514. The molecule has 1 aliphatic carbocycles. The van der Waals surface area contributed by atoms with Crippen molar-refractivity contribution in [2.24, 2.45) is 0 Å². The van der Waals surface area contributed by atoms with Crippen LogP contribution in [0.2, 0.25) is 5.02 Å². The molecular formula is C24H29ClN2O3S. The Morgan fingerprint density at radius 2 is 1.74 bits per heavy atom. The molecule has 2 aromatic rings. The van der Waals surface area contributed by atoms with E-state index in [0.29, 0.717) is 18.7 Å². The Hall–Kier alpha value is -1.89. The lowest BCUT2D eigenvalue weighted by Crippen LogP contribution is -2.30. The van der Waals surface area contributed by atoms with Crippen molar-refractivity contribution in [3.05, 3.63) is 63.7 Å². The first kappa shape index (κ1) is 22.3. The summed E-state index contributed by atoms with van der Waals surface area (Å²) in [6.45, 7) is 3.02. The van der Waals surface area contributed by atoms with Crippen LogP contribution in [0, 0.1) is 0 Å². The number of hydrogen-bond acceptors (Lipinski definition) is 3. The first-order chi connectivity index (χ1) is 14.9. The van der Waals surface area contributed by atoms with E-state index in [2.05, 4.69) is 23.5 Å². The van der Waals surface area contributed by atoms with Gasteiger partial charge in [-0.15, -0.1) is 0 Å². The van der Waals surface area contributed by atoms with Crippen LogP contribution in [-0.2, 0) is 22.9 Å². The van der Waals surface area contributed by atoms with Gasteiger partial charge in [0.1, 0.15) is 4.90 Å². The number of nitrogens with zero attached hydrogens (tertiary/aromatic N) is 1. The lowest BCUT2D eigenvalue weighted by molar-refractivity contribution is 0.0935. The molecule has 4 rings (SSSR count). The van der Waals surface area contributed by atoms with Gasteiger partial charge >= 0.3 is 0 Å². The lowest BCUT2D eigenvalue weighted by Gasteiger charge is -2.22. The Balaban J connectivity index is 1.56. The van der Waals surface area contributed by atoms with Crippen molar-refractivity contribution in [2.45, 2.75) is 62.8 Å². The third-order valence-corrected chi connectivity index (χ3v) is 8.74. The molecule has 1 heterocycles. The number of benzene rings is 2. The molecule has 0 bridgehead atoms. The third kappa shape index (κ3) is 4.66. The number of hydrogen-bond donors (Lipinski definition) is 1. The van der Waals surface area contributed by atoms with Crippen molar-refractivity contribution < 1.29 is 13.2 Å². The Morgan fingerprint density at radius 1 is 1.03 bits per heavy atom. The zero-order valence-corrected chi connectivity index (χ0v) is 19.4. The minimum Gasteiger partial charge on any atom is -0.345 e. The smallest absolute Gasteiger partial charge is 0.251 e. The molecule has 1 saturated heterocycles. The van der Waals surface area contributed by atoms with E-state index in [9.17, 15) is 13.2 Å². The molecule has 0 unspecified atom stereocenters. The number of fused-ring (bicyclic) bond motifs is 1. The summed E-state index contributed by atoms with van der Waals surface area (Å²) in [5.74, 6) is -0.292. The zero-order chi connectivity index (χ0) is 22.0. The number of sulfonamides is 1. The van der Waals surface area contributed by atoms with Crippen molar-refractivity contribution in [3.8, 4) is 0 Å². The topological polar surface area (TPSA) is 66.5 Å². The molecule has 0 saturated carbocycles. The molecule has 0 aromatic heterocycles. The van der Waals surface area contributed by atoms with Crippen LogP contribution in [0.25, 0.3) is 0 Å². The maximum atomic E-state index is 13.0. The maximum Gasteiger partial charge on any atom is 0.251 e. The number of aryl methyl sites for hydroxylation is 2. The summed E-state index contributed by atoms with van der Waals surface area (Å²) in [4.78, 5) is 13.0. The summed E-state index contributed by atoms with van der Waals surface area (Å²) in [7, 11) is -3.70. The summed E-state index contributed by atoms with van der Waals surface area (Å²) < 4.78 is 27.4. The van der Waals surface area contributed by atoms with Gasteiger partial charge in [0.15, 0.2) is 0 Å². The fourth-order valence-corrected chi connectivity index (χ4v) is 6.56. The van der Waals surface area contributed by atoms with Crippen molar-refractivity contribution in [2.75, 3.05) is 13.1 Å². The van der Waals surface area contributed by atoms with Crippen LogP contribution < -0.4 is 5.32 Å². The highest BCUT2D eigenvalue weighted by Gasteiger charge is 2.30. The highest BCUT2D eigenvalue weighted by atomic mass is 35.5. The van der Waals surface area contributed by atoms with Gasteiger partial charge in [-0.3, -0.25) is 4.79 Å². The van der Waals surface area contributed by atoms with Crippen LogP contribution in [0.15, 0.2) is 41.3 Å². The molecule has 1 aliphatic heterocycles. The van der Waals surface area contributed by atoms with Crippen molar-refractivity contribution in [1.82, 2.24) is 9.62 Å². The van der Waals surface area contributed by atoms with E-state index in [1.165, 1.54) is 40.4 Å². The van der Waals surface area contributed by atoms with Crippen molar-refractivity contribution in [1.29, 1.82) is 0 Å². The Kier molecular flexibility index (Phi) is 6.70. The first-order valence-corrected chi connectivity index (χ1v) is 12.9. The number of amides is 1. The van der Waals surface area contributed by atoms with Crippen LogP contribution in [0.3, 0.4) is 0 Å². The Bertz CT molecular complexity index is 1080. The van der Waals surface area contributed by atoms with Gasteiger partial charge in [-0.25, -0.2) is 8.42 Å². The molecule has 166 valence electrons. The molecular weight excluding hydrogens is 432 g/mol. The predicted molar refractivity (Wildman–Crippen MR) is 123 cm³/mol. The van der Waals surface area contributed by atoms with Gasteiger partial charge in [0.2, 0.25) is 10.0 Å². The van der Waals surface area contributed by atoms with E-state index in [1.54, 1.807) is 6.07 Å². The zero-order valence-electron chi connectivity index (χ0n) is 17.9. The first-order valence-electron chi connectivity index (χ1n) is 11.1. The van der Waals surface area contributed by atoms with Gasteiger partial charge in [-0.1, -0.05) is 36.7 Å². The Morgan fingerprint density at radius 3 is 2.45 bits per heavy atom. The fraction of sp³-hybridized carbons (Fsp3) is 0.458. The molecule has 1 atom stereocenters. The number of rotatable bonds is 6. The van der Waals surface area contributed by atoms with Crippen LogP contribution in [-0.4, -0.2) is 31.7 Å². The predicted octanol–water partition coefficient (Wildman–Crippen LogP) is 4.88. The monoisotopic (exact) mass is 460 g/mol. The third-order valence-electron chi connectivity index (χ3n) is 6.36. The van der Waals surface area contributed by atoms with Gasteiger partial charge in [0.25, 0.3) is 5.91 Å². The summed E-state index contributed by atoms with van der Waals surface area (Å²) in [6, 6.07) is 10.9. The number of carbonyl (C=O) groups excluding carboxylic acids is 1. The second-order valence-electron chi connectivity index (χ2n) is 8.43. The average Bonchev–Trinajstić information content (AvgIpc) is 3.33. The van der Waals surface area contributed by atoms with E-state index < -0.39 is 10.0 Å². The second kappa shape index (κ2) is 9.31. The Labute approximate surface area is 189 Å². The molecule has 2 aliphatic rings. The van der Waals surface area contributed by atoms with Crippen LogP contribution in [0.5, 0.6) is 0 Å². The fourth-order valence-electron chi connectivity index (χ4n) is 4.54. The molecule has 1 fully saturated rings. The average molecular weight is 461 g/mol. The van der Waals surface area contributed by atoms with Gasteiger partial charge < -0.3 is 5.32 Å². The number of nitrogens with one attached hydrogen (secondary N) is 1. The van der Waals surface area contributed by atoms with Gasteiger partial charge in [0.05, 0.1) is 11.1 Å². The molecule has 7 heteroatoms. The molecule has 5 nitrogen and oxygen atoms in total. The van der Waals surface area contributed by atoms with Gasteiger partial charge in [-0.2, -0.15) is 4.31 Å². The molecule has 0 spiro atoms. The largest absolute Gasteiger partial charge is 0.345 e. The van der Waals surface area contributed by atoms with E-state index in [0.717, 1.165) is 37.7 Å². The molecule has 0 radical (unpaired) electrons. The highest BCUT2D eigenvalue weighted by molar-refractivity contribution is 7.89. The summed E-state index contributed by atoms with van der Waals surface area (Å²) in [6.07, 6.45) is 7.08. The molecule has 31 heavy (non-hydrogen) atoms. The lowest BCUT2D eigenvalue weighted by atomic mass is 9.88. The maximum absolute atomic E-state index is 13.0. The summed E-state index contributed by atoms with van der Waals surface area (Å²) in [5.41, 5.74) is 4.18. The van der Waals surface area contributed by atoms with Crippen molar-refractivity contribution >= 4 is 27.5 Å². The SMILES string of the molecule is CC[C@@H](NC(=O)c1ccc(Cl)c(S(=O)(=O)N2CCCC2)c1)c1ccc2c(c1)CCCC2. The molecule has 2 aromatic carbocycles. The summed E-state index contributed by atoms with van der Waals surface area (Å²) >= 11 is 6.22. The van der Waals surface area contributed by atoms with E-state index in [1.807, 2.05) is 6.92 Å². The summed E-state index contributed by atoms with van der Waals surface area (Å²) in [5, 5.41) is 3.23. The highest BCUT2D eigenvalue weighted by Crippen LogP contribution is 2.29. The van der Waals surface area contributed by atoms with Gasteiger partial charge in [0, 0.05) is 18.7 Å². The van der Waals surface area contributed by atoms with E-state index in [-0.39, 0.29) is 21.9 Å². The molecule has 1 amide bonds. The van der Waals surface area contributed by atoms with E-state index in [4.69, 9.17) is 11.6 Å². The molecule has 1 N–H and O–H groups in total. The number of carbonyl (C=O) groups is 1. The minimum atomic E-state index is -3.70. The number of halogens is 1. The quantitative estimate of drug-likeness (QED) is 0.667. The normalized spacial score (nSPS) is 17.9. The van der Waals surface area contributed by atoms with E-state index >= 15 is 0 Å². The second-order valence-corrected chi connectivity index (χ2v) is 10.7. The van der Waals surface area contributed by atoms with Crippen LogP contribution in [0.4, 0.5) is 0 Å². The van der Waals surface area contributed by atoms with Gasteiger partial charge in [-0.05, 0) is 79.8 Å². The van der Waals surface area contributed by atoms with Crippen LogP contribution >= 0.6 is 11.6 Å².